The van der Waals surface area contributed by atoms with Crippen molar-refractivity contribution in [2.75, 3.05) is 6.61 Å². The average molecular weight is 220 g/mol. The summed E-state index contributed by atoms with van der Waals surface area (Å²) in [6, 6.07) is 6.89. The Morgan fingerprint density at radius 2 is 2.12 bits per heavy atom. The molecule has 0 N–H and O–H groups in total. The van der Waals surface area contributed by atoms with Gasteiger partial charge in [-0.25, -0.2) is 0 Å². The van der Waals surface area contributed by atoms with Crippen LogP contribution in [0.4, 0.5) is 0 Å². The molecule has 4 nitrogen and oxygen atoms in total. The van der Waals surface area contributed by atoms with Gasteiger partial charge >= 0.3 is 11.9 Å². The zero-order valence-electron chi connectivity index (χ0n) is 9.15. The first kappa shape index (κ1) is 10.7. The van der Waals surface area contributed by atoms with Crippen LogP contribution in [0.25, 0.3) is 0 Å². The Bertz CT molecular complexity index is 452. The minimum Gasteiger partial charge on any atom is -0.465 e. The highest BCUT2D eigenvalue weighted by atomic mass is 16.6. The van der Waals surface area contributed by atoms with Crippen molar-refractivity contribution in [2.45, 2.75) is 19.3 Å². The molecule has 2 rings (SSSR count). The summed E-state index contributed by atoms with van der Waals surface area (Å²) in [6.07, 6.45) is 0. The summed E-state index contributed by atoms with van der Waals surface area (Å²) in [5.41, 5.74) is -0.759. The van der Waals surface area contributed by atoms with E-state index in [1.54, 1.807) is 31.2 Å². The maximum absolute atomic E-state index is 11.8. The molecule has 1 heterocycles. The van der Waals surface area contributed by atoms with Crippen LogP contribution in [0, 0.1) is 0 Å². The summed E-state index contributed by atoms with van der Waals surface area (Å²) in [5, 5.41) is 0. The van der Waals surface area contributed by atoms with E-state index in [1.807, 2.05) is 0 Å². The Kier molecular flexibility index (Phi) is 2.42. The van der Waals surface area contributed by atoms with Crippen molar-refractivity contribution >= 4 is 11.9 Å². The van der Waals surface area contributed by atoms with Crippen molar-refractivity contribution in [2.24, 2.45) is 0 Å². The quantitative estimate of drug-likeness (QED) is 0.430. The Labute approximate surface area is 93.2 Å². The van der Waals surface area contributed by atoms with Gasteiger partial charge in [0.25, 0.3) is 0 Å². The number of hydrogen-bond acceptors (Lipinski definition) is 4. The SMILES string of the molecule is CCOC(=O)[C@@]1(C)C(=O)Oc2ccccc21. The lowest BCUT2D eigenvalue weighted by atomic mass is 9.84. The molecule has 0 saturated carbocycles. The van der Waals surface area contributed by atoms with E-state index in [-0.39, 0.29) is 6.61 Å². The first-order chi connectivity index (χ1) is 7.60. The fourth-order valence-corrected chi connectivity index (χ4v) is 1.75. The molecule has 0 amide bonds. The second-order valence-electron chi connectivity index (χ2n) is 3.73. The minimum atomic E-state index is -1.33. The molecule has 1 atom stereocenters. The lowest BCUT2D eigenvalue weighted by Gasteiger charge is -2.17. The van der Waals surface area contributed by atoms with Gasteiger partial charge in [-0.2, -0.15) is 0 Å². The van der Waals surface area contributed by atoms with Crippen LogP contribution in [0.1, 0.15) is 19.4 Å². The number of fused-ring (bicyclic) bond motifs is 1. The molecule has 84 valence electrons. The first-order valence-electron chi connectivity index (χ1n) is 5.09. The second-order valence-corrected chi connectivity index (χ2v) is 3.73. The number of para-hydroxylation sites is 1. The number of carbonyl (C=O) groups is 2. The Balaban J connectivity index is 2.48. The summed E-state index contributed by atoms with van der Waals surface area (Å²) in [6.45, 7) is 3.47. The van der Waals surface area contributed by atoms with Crippen molar-refractivity contribution in [3.63, 3.8) is 0 Å². The largest absolute Gasteiger partial charge is 0.465 e. The highest BCUT2D eigenvalue weighted by Gasteiger charge is 2.52. The van der Waals surface area contributed by atoms with E-state index in [9.17, 15) is 9.59 Å². The Morgan fingerprint density at radius 3 is 2.81 bits per heavy atom. The first-order valence-corrected chi connectivity index (χ1v) is 5.09. The molecule has 1 aromatic rings. The van der Waals surface area contributed by atoms with E-state index in [1.165, 1.54) is 6.92 Å². The molecule has 0 radical (unpaired) electrons. The summed E-state index contributed by atoms with van der Waals surface area (Å²) >= 11 is 0. The van der Waals surface area contributed by atoms with Crippen molar-refractivity contribution in [1.29, 1.82) is 0 Å². The predicted molar refractivity (Wildman–Crippen MR) is 56.1 cm³/mol. The van der Waals surface area contributed by atoms with Crippen LogP contribution in [0.15, 0.2) is 24.3 Å². The molecule has 0 fully saturated rings. The van der Waals surface area contributed by atoms with Gasteiger partial charge in [-0.15, -0.1) is 0 Å². The fourth-order valence-electron chi connectivity index (χ4n) is 1.75. The van der Waals surface area contributed by atoms with Gasteiger partial charge in [-0.05, 0) is 19.9 Å². The van der Waals surface area contributed by atoms with E-state index in [2.05, 4.69) is 0 Å². The van der Waals surface area contributed by atoms with Crippen molar-refractivity contribution in [3.05, 3.63) is 29.8 Å². The van der Waals surface area contributed by atoms with Gasteiger partial charge in [0, 0.05) is 5.56 Å². The molecule has 0 saturated heterocycles. The van der Waals surface area contributed by atoms with Gasteiger partial charge in [-0.1, -0.05) is 18.2 Å². The molecule has 1 aliphatic heterocycles. The van der Waals surface area contributed by atoms with E-state index < -0.39 is 17.4 Å². The van der Waals surface area contributed by atoms with Gasteiger partial charge in [0.15, 0.2) is 5.41 Å². The van der Waals surface area contributed by atoms with E-state index in [0.29, 0.717) is 11.3 Å². The molecule has 0 spiro atoms. The van der Waals surface area contributed by atoms with Crippen LogP contribution >= 0.6 is 0 Å². The van der Waals surface area contributed by atoms with E-state index in [0.717, 1.165) is 0 Å². The number of ether oxygens (including phenoxy) is 2. The zero-order chi connectivity index (χ0) is 11.8. The van der Waals surface area contributed by atoms with Crippen molar-refractivity contribution in [1.82, 2.24) is 0 Å². The summed E-state index contributed by atoms with van der Waals surface area (Å²) in [7, 11) is 0. The van der Waals surface area contributed by atoms with Gasteiger partial charge < -0.3 is 9.47 Å². The number of benzene rings is 1. The molecular weight excluding hydrogens is 208 g/mol. The van der Waals surface area contributed by atoms with Crippen molar-refractivity contribution < 1.29 is 19.1 Å². The van der Waals surface area contributed by atoms with Gasteiger partial charge in [-0.3, -0.25) is 9.59 Å². The third-order valence-electron chi connectivity index (χ3n) is 2.72. The lowest BCUT2D eigenvalue weighted by Crippen LogP contribution is -2.40. The lowest BCUT2D eigenvalue weighted by molar-refractivity contribution is -0.157. The molecule has 1 aromatic carbocycles. The summed E-state index contributed by atoms with van der Waals surface area (Å²) in [5.74, 6) is -0.708. The molecule has 0 aliphatic carbocycles. The highest BCUT2D eigenvalue weighted by molar-refractivity contribution is 6.09. The third-order valence-corrected chi connectivity index (χ3v) is 2.72. The monoisotopic (exact) mass is 220 g/mol. The van der Waals surface area contributed by atoms with Gasteiger partial charge in [0.2, 0.25) is 0 Å². The van der Waals surface area contributed by atoms with Crippen LogP contribution in [-0.2, 0) is 19.7 Å². The zero-order valence-corrected chi connectivity index (χ0v) is 9.15. The van der Waals surface area contributed by atoms with Crippen LogP contribution in [0.3, 0.4) is 0 Å². The average Bonchev–Trinajstić information content (AvgIpc) is 2.53. The van der Waals surface area contributed by atoms with Gasteiger partial charge in [0.05, 0.1) is 6.61 Å². The van der Waals surface area contributed by atoms with Crippen LogP contribution in [-0.4, -0.2) is 18.5 Å². The predicted octanol–water partition coefficient (Wildman–Crippen LogP) is 1.43. The molecule has 0 bridgehead atoms. The fraction of sp³-hybridized carbons (Fsp3) is 0.333. The normalized spacial score (nSPS) is 22.5. The molecule has 0 unspecified atom stereocenters. The maximum atomic E-state index is 11.8. The van der Waals surface area contributed by atoms with E-state index >= 15 is 0 Å². The number of esters is 2. The number of rotatable bonds is 2. The van der Waals surface area contributed by atoms with Crippen LogP contribution in [0.2, 0.25) is 0 Å². The maximum Gasteiger partial charge on any atom is 0.333 e. The molecule has 1 aliphatic rings. The van der Waals surface area contributed by atoms with Crippen LogP contribution in [0.5, 0.6) is 5.75 Å². The number of hydrogen-bond donors (Lipinski definition) is 0. The Morgan fingerprint density at radius 1 is 1.44 bits per heavy atom. The summed E-state index contributed by atoms with van der Waals surface area (Å²) < 4.78 is 9.97. The summed E-state index contributed by atoms with van der Waals surface area (Å²) in [4.78, 5) is 23.6. The van der Waals surface area contributed by atoms with Gasteiger partial charge in [0.1, 0.15) is 5.75 Å². The standard InChI is InChI=1S/C12H12O4/c1-3-15-10(13)12(2)8-6-4-5-7-9(8)16-11(12)14/h4-7H,3H2,1-2H3/t12-/m0/s1. The van der Waals surface area contributed by atoms with E-state index in [4.69, 9.17) is 9.47 Å². The third kappa shape index (κ3) is 1.30. The Hall–Kier alpha value is -1.84. The molecule has 4 heteroatoms. The highest BCUT2D eigenvalue weighted by Crippen LogP contribution is 2.40. The minimum absolute atomic E-state index is 0.240. The smallest absolute Gasteiger partial charge is 0.333 e. The molecule has 0 aromatic heterocycles. The topological polar surface area (TPSA) is 52.6 Å². The molecule has 16 heavy (non-hydrogen) atoms. The van der Waals surface area contributed by atoms with Crippen LogP contribution < -0.4 is 4.74 Å². The number of carbonyl (C=O) groups excluding carboxylic acids is 2. The molecular formula is C12H12O4. The second kappa shape index (κ2) is 3.63. The van der Waals surface area contributed by atoms with Crippen molar-refractivity contribution in [3.8, 4) is 5.75 Å².